The number of carbonyl (C=O) groups is 1. The standard InChI is InChI=1S/C19H18N2O3/c1-12-16(13(2)24-20-12)9-21-10-17-15-6-4-3-5-14(15)7-8-18(17)23-11-19(21)22/h3-8H,9-11H2,1-2H3. The Hall–Kier alpha value is -2.82. The molecule has 1 aliphatic rings. The van der Waals surface area contributed by atoms with Crippen LogP contribution in [0.3, 0.4) is 0 Å². The summed E-state index contributed by atoms with van der Waals surface area (Å²) in [6, 6.07) is 12.1. The highest BCUT2D eigenvalue weighted by Gasteiger charge is 2.25. The summed E-state index contributed by atoms with van der Waals surface area (Å²) in [6.07, 6.45) is 0. The van der Waals surface area contributed by atoms with Gasteiger partial charge in [0.1, 0.15) is 11.5 Å². The number of carbonyl (C=O) groups excluding carboxylic acids is 1. The number of nitrogens with zero attached hydrogens (tertiary/aromatic N) is 2. The second-order valence-corrected chi connectivity index (χ2v) is 6.10. The van der Waals surface area contributed by atoms with Crippen molar-refractivity contribution in [3.05, 3.63) is 59.0 Å². The highest BCUT2D eigenvalue weighted by molar-refractivity contribution is 5.89. The predicted octanol–water partition coefficient (Wildman–Crippen LogP) is 3.37. The number of aromatic nitrogens is 1. The smallest absolute Gasteiger partial charge is 0.261 e. The maximum atomic E-state index is 12.5. The lowest BCUT2D eigenvalue weighted by atomic mass is 10.0. The van der Waals surface area contributed by atoms with Crippen LogP contribution in [0.2, 0.25) is 0 Å². The van der Waals surface area contributed by atoms with E-state index in [4.69, 9.17) is 9.26 Å². The first-order valence-corrected chi connectivity index (χ1v) is 7.96. The zero-order valence-electron chi connectivity index (χ0n) is 13.7. The van der Waals surface area contributed by atoms with Gasteiger partial charge in [-0.05, 0) is 30.7 Å². The van der Waals surface area contributed by atoms with Crippen molar-refractivity contribution in [2.45, 2.75) is 26.9 Å². The van der Waals surface area contributed by atoms with Crippen LogP contribution in [0.1, 0.15) is 22.6 Å². The summed E-state index contributed by atoms with van der Waals surface area (Å²) >= 11 is 0. The molecule has 24 heavy (non-hydrogen) atoms. The van der Waals surface area contributed by atoms with Crippen LogP contribution in [0.25, 0.3) is 10.8 Å². The Labute approximate surface area is 139 Å². The van der Waals surface area contributed by atoms with E-state index in [1.165, 1.54) is 0 Å². The molecule has 122 valence electrons. The predicted molar refractivity (Wildman–Crippen MR) is 89.7 cm³/mol. The summed E-state index contributed by atoms with van der Waals surface area (Å²) in [5, 5.41) is 6.24. The number of aryl methyl sites for hydroxylation is 2. The number of rotatable bonds is 2. The lowest BCUT2D eigenvalue weighted by molar-refractivity contribution is -0.133. The van der Waals surface area contributed by atoms with Gasteiger partial charge in [0.2, 0.25) is 0 Å². The average molecular weight is 322 g/mol. The van der Waals surface area contributed by atoms with Crippen LogP contribution in [0.15, 0.2) is 40.9 Å². The highest BCUT2D eigenvalue weighted by atomic mass is 16.5. The number of fused-ring (bicyclic) bond motifs is 3. The molecule has 0 fully saturated rings. The fourth-order valence-electron chi connectivity index (χ4n) is 3.19. The van der Waals surface area contributed by atoms with Gasteiger partial charge in [0.15, 0.2) is 6.61 Å². The molecule has 5 nitrogen and oxygen atoms in total. The maximum Gasteiger partial charge on any atom is 0.261 e. The van der Waals surface area contributed by atoms with Gasteiger partial charge in [0, 0.05) is 11.1 Å². The third kappa shape index (κ3) is 2.42. The Morgan fingerprint density at radius 1 is 1.17 bits per heavy atom. The van der Waals surface area contributed by atoms with Crippen LogP contribution < -0.4 is 4.74 Å². The molecule has 0 atom stereocenters. The Morgan fingerprint density at radius 2 is 2.00 bits per heavy atom. The second kappa shape index (κ2) is 5.67. The largest absolute Gasteiger partial charge is 0.483 e. The van der Waals surface area contributed by atoms with Crippen molar-refractivity contribution in [3.8, 4) is 5.75 Å². The van der Waals surface area contributed by atoms with E-state index in [0.29, 0.717) is 13.1 Å². The van der Waals surface area contributed by atoms with Gasteiger partial charge < -0.3 is 14.2 Å². The van der Waals surface area contributed by atoms with E-state index in [1.807, 2.05) is 43.0 Å². The molecule has 0 bridgehead atoms. The minimum atomic E-state index is -0.0321. The molecule has 1 aliphatic heterocycles. The zero-order valence-corrected chi connectivity index (χ0v) is 13.7. The molecule has 0 unspecified atom stereocenters. The molecule has 1 aromatic heterocycles. The van der Waals surface area contributed by atoms with E-state index in [9.17, 15) is 4.79 Å². The minimum Gasteiger partial charge on any atom is -0.483 e. The summed E-state index contributed by atoms with van der Waals surface area (Å²) in [6.45, 7) is 4.81. The molecule has 3 aromatic rings. The summed E-state index contributed by atoms with van der Waals surface area (Å²) in [4.78, 5) is 14.3. The van der Waals surface area contributed by atoms with Gasteiger partial charge in [-0.25, -0.2) is 0 Å². The van der Waals surface area contributed by atoms with Crippen LogP contribution in [0.5, 0.6) is 5.75 Å². The molecular weight excluding hydrogens is 304 g/mol. The summed E-state index contributed by atoms with van der Waals surface area (Å²) in [7, 11) is 0. The molecule has 2 aromatic carbocycles. The maximum absolute atomic E-state index is 12.5. The third-order valence-corrected chi connectivity index (χ3v) is 4.58. The summed E-state index contributed by atoms with van der Waals surface area (Å²) in [5.41, 5.74) is 2.83. The number of amides is 1. The monoisotopic (exact) mass is 322 g/mol. The highest BCUT2D eigenvalue weighted by Crippen LogP contribution is 2.32. The first kappa shape index (κ1) is 14.8. The lowest BCUT2D eigenvalue weighted by Gasteiger charge is -2.20. The van der Waals surface area contributed by atoms with E-state index < -0.39 is 0 Å². The number of hydrogen-bond donors (Lipinski definition) is 0. The molecule has 0 saturated heterocycles. The molecule has 0 N–H and O–H groups in total. The van der Waals surface area contributed by atoms with Crippen LogP contribution in [0, 0.1) is 13.8 Å². The van der Waals surface area contributed by atoms with Crippen molar-refractivity contribution in [2.75, 3.05) is 6.61 Å². The van der Waals surface area contributed by atoms with Gasteiger partial charge in [0.25, 0.3) is 5.91 Å². The number of ether oxygens (including phenoxy) is 1. The molecule has 4 rings (SSSR count). The van der Waals surface area contributed by atoms with E-state index in [-0.39, 0.29) is 12.5 Å². The van der Waals surface area contributed by atoms with Gasteiger partial charge in [-0.15, -0.1) is 0 Å². The Morgan fingerprint density at radius 3 is 2.79 bits per heavy atom. The second-order valence-electron chi connectivity index (χ2n) is 6.10. The Bertz CT molecular complexity index is 910. The van der Waals surface area contributed by atoms with Crippen molar-refractivity contribution < 1.29 is 14.1 Å². The van der Waals surface area contributed by atoms with E-state index in [1.54, 1.807) is 0 Å². The molecule has 0 spiro atoms. The van der Waals surface area contributed by atoms with Gasteiger partial charge in [0.05, 0.1) is 18.8 Å². The number of hydrogen-bond acceptors (Lipinski definition) is 4. The number of benzene rings is 2. The molecule has 5 heteroatoms. The van der Waals surface area contributed by atoms with E-state index in [0.717, 1.165) is 39.1 Å². The SMILES string of the molecule is Cc1noc(C)c1CN1Cc2c(ccc3ccccc23)OCC1=O. The Balaban J connectivity index is 1.75. The lowest BCUT2D eigenvalue weighted by Crippen LogP contribution is -2.32. The van der Waals surface area contributed by atoms with Gasteiger partial charge >= 0.3 is 0 Å². The molecule has 0 aliphatic carbocycles. The van der Waals surface area contributed by atoms with Gasteiger partial charge in [-0.3, -0.25) is 4.79 Å². The van der Waals surface area contributed by atoms with Crippen molar-refractivity contribution >= 4 is 16.7 Å². The zero-order chi connectivity index (χ0) is 16.7. The molecule has 2 heterocycles. The first-order valence-electron chi connectivity index (χ1n) is 7.96. The van der Waals surface area contributed by atoms with E-state index >= 15 is 0 Å². The normalized spacial score (nSPS) is 14.4. The molecule has 1 amide bonds. The summed E-state index contributed by atoms with van der Waals surface area (Å²) in [5.74, 6) is 1.50. The third-order valence-electron chi connectivity index (χ3n) is 4.58. The van der Waals surface area contributed by atoms with Crippen molar-refractivity contribution in [1.82, 2.24) is 10.1 Å². The van der Waals surface area contributed by atoms with Gasteiger partial charge in [-0.2, -0.15) is 0 Å². The fourth-order valence-corrected chi connectivity index (χ4v) is 3.19. The van der Waals surface area contributed by atoms with Crippen LogP contribution in [-0.2, 0) is 17.9 Å². The van der Waals surface area contributed by atoms with Crippen molar-refractivity contribution in [2.24, 2.45) is 0 Å². The first-order chi connectivity index (χ1) is 11.6. The molecule has 0 radical (unpaired) electrons. The topological polar surface area (TPSA) is 55.6 Å². The van der Waals surface area contributed by atoms with Crippen molar-refractivity contribution in [3.63, 3.8) is 0 Å². The quantitative estimate of drug-likeness (QED) is 0.726. The van der Waals surface area contributed by atoms with Crippen LogP contribution in [0.4, 0.5) is 0 Å². The average Bonchev–Trinajstić information content (AvgIpc) is 2.81. The van der Waals surface area contributed by atoms with Crippen molar-refractivity contribution in [1.29, 1.82) is 0 Å². The fraction of sp³-hybridized carbons (Fsp3) is 0.263. The van der Waals surface area contributed by atoms with Crippen LogP contribution in [-0.4, -0.2) is 22.6 Å². The minimum absolute atomic E-state index is 0.0321. The summed E-state index contributed by atoms with van der Waals surface area (Å²) < 4.78 is 11.0. The molecule has 0 saturated carbocycles. The Kier molecular flexibility index (Phi) is 3.49. The van der Waals surface area contributed by atoms with Crippen LogP contribution >= 0.6 is 0 Å². The van der Waals surface area contributed by atoms with Gasteiger partial charge in [-0.1, -0.05) is 35.5 Å². The molecular formula is C19H18N2O3. The van der Waals surface area contributed by atoms with E-state index in [2.05, 4.69) is 17.3 Å².